The minimum atomic E-state index is -1.38. The fourth-order valence-electron chi connectivity index (χ4n) is 2.22. The predicted octanol–water partition coefficient (Wildman–Crippen LogP) is 1.88. The van der Waals surface area contributed by atoms with Gasteiger partial charge in [-0.1, -0.05) is 15.9 Å². The van der Waals surface area contributed by atoms with Gasteiger partial charge >= 0.3 is 5.97 Å². The van der Waals surface area contributed by atoms with E-state index in [1.165, 1.54) is 0 Å². The average molecular weight is 319 g/mol. The smallest absolute Gasteiger partial charge is 0.342 e. The summed E-state index contributed by atoms with van der Waals surface area (Å²) < 4.78 is 30.3. The Kier molecular flexibility index (Phi) is 2.58. The van der Waals surface area contributed by atoms with Gasteiger partial charge in [0.15, 0.2) is 0 Å². The van der Waals surface area contributed by atoms with Crippen molar-refractivity contribution in [2.24, 2.45) is 0 Å². The van der Waals surface area contributed by atoms with Crippen LogP contribution < -0.4 is 4.74 Å². The Morgan fingerprint density at radius 2 is 2.11 bits per heavy atom. The quantitative estimate of drug-likeness (QED) is 0.856. The minimum absolute atomic E-state index is 0.0185. The summed E-state index contributed by atoms with van der Waals surface area (Å²) >= 11 is 3.19. The molecule has 1 saturated heterocycles. The molecule has 2 aliphatic rings. The van der Waals surface area contributed by atoms with Gasteiger partial charge in [0.2, 0.25) is 5.79 Å². The van der Waals surface area contributed by atoms with Crippen molar-refractivity contribution in [3.05, 3.63) is 27.5 Å². The molecule has 18 heavy (non-hydrogen) atoms. The van der Waals surface area contributed by atoms with E-state index in [0.29, 0.717) is 23.2 Å². The first-order valence-corrected chi connectivity index (χ1v) is 6.01. The van der Waals surface area contributed by atoms with E-state index in [1.807, 2.05) is 0 Å². The molecule has 0 aromatic heterocycles. The molecule has 0 bridgehead atoms. The third-order valence-corrected chi connectivity index (χ3v) is 3.57. The van der Waals surface area contributed by atoms with Gasteiger partial charge in [-0.3, -0.25) is 0 Å². The Hall–Kier alpha value is -1.18. The number of hydrogen-bond acceptors (Lipinski definition) is 4. The molecule has 7 heteroatoms. The van der Waals surface area contributed by atoms with Crippen LogP contribution in [0, 0.1) is 5.82 Å². The van der Waals surface area contributed by atoms with Crippen molar-refractivity contribution >= 4 is 21.9 Å². The molecule has 3 rings (SSSR count). The van der Waals surface area contributed by atoms with Crippen molar-refractivity contribution in [2.45, 2.75) is 5.79 Å². The van der Waals surface area contributed by atoms with E-state index < -0.39 is 23.1 Å². The summed E-state index contributed by atoms with van der Waals surface area (Å²) in [7, 11) is 0. The maximum atomic E-state index is 13.7. The highest BCUT2D eigenvalue weighted by Gasteiger charge is 2.50. The Morgan fingerprint density at radius 1 is 1.44 bits per heavy atom. The summed E-state index contributed by atoms with van der Waals surface area (Å²) in [6.07, 6.45) is 0. The van der Waals surface area contributed by atoms with Crippen LogP contribution in [0.2, 0.25) is 0 Å². The second-order valence-electron chi connectivity index (χ2n) is 3.96. The fraction of sp³-hybridized carbons (Fsp3) is 0.364. The highest BCUT2D eigenvalue weighted by Crippen LogP contribution is 2.48. The van der Waals surface area contributed by atoms with Crippen LogP contribution in [-0.4, -0.2) is 30.9 Å². The van der Waals surface area contributed by atoms with Crippen molar-refractivity contribution in [3.8, 4) is 5.75 Å². The number of hydrogen-bond donors (Lipinski definition) is 1. The highest BCUT2D eigenvalue weighted by molar-refractivity contribution is 9.10. The van der Waals surface area contributed by atoms with Crippen LogP contribution >= 0.6 is 15.9 Å². The molecule has 1 N–H and O–H groups in total. The molecule has 0 atom stereocenters. The van der Waals surface area contributed by atoms with E-state index >= 15 is 0 Å². The van der Waals surface area contributed by atoms with E-state index in [2.05, 4.69) is 15.9 Å². The highest BCUT2D eigenvalue weighted by atomic mass is 79.9. The Bertz CT molecular complexity index is 539. The first-order chi connectivity index (χ1) is 8.55. The molecule has 1 aromatic carbocycles. The molecule has 1 fully saturated rings. The summed E-state index contributed by atoms with van der Waals surface area (Å²) in [5.41, 5.74) is -0.0945. The van der Waals surface area contributed by atoms with Gasteiger partial charge in [-0.2, -0.15) is 0 Å². The number of carbonyl (C=O) groups is 1. The molecular formula is C11H8BrFO5. The van der Waals surface area contributed by atoms with Gasteiger partial charge in [-0.25, -0.2) is 9.18 Å². The zero-order chi connectivity index (χ0) is 12.9. The topological polar surface area (TPSA) is 65.0 Å². The minimum Gasteiger partial charge on any atom is -0.486 e. The van der Waals surface area contributed by atoms with Crippen molar-refractivity contribution in [1.29, 1.82) is 0 Å². The van der Waals surface area contributed by atoms with Crippen LogP contribution in [0.3, 0.4) is 0 Å². The third-order valence-electron chi connectivity index (χ3n) is 2.94. The zero-order valence-electron chi connectivity index (χ0n) is 9.03. The van der Waals surface area contributed by atoms with E-state index in [1.54, 1.807) is 0 Å². The number of benzene rings is 1. The van der Waals surface area contributed by atoms with E-state index in [-0.39, 0.29) is 12.4 Å². The number of carboxylic acid groups (broad SMARTS) is 1. The lowest BCUT2D eigenvalue weighted by molar-refractivity contribution is -0.170. The number of fused-ring (bicyclic) bond motifs is 2. The van der Waals surface area contributed by atoms with Crippen LogP contribution in [-0.2, 0) is 15.3 Å². The largest absolute Gasteiger partial charge is 0.486 e. The van der Waals surface area contributed by atoms with Crippen LogP contribution in [0.25, 0.3) is 0 Å². The molecule has 5 nitrogen and oxygen atoms in total. The number of halogens is 2. The van der Waals surface area contributed by atoms with Gasteiger partial charge in [0, 0.05) is 4.47 Å². The first kappa shape index (κ1) is 11.9. The SMILES string of the molecule is O=C(O)c1c(F)cc(Br)c2c1OCC21OCCO1. The lowest BCUT2D eigenvalue weighted by atomic mass is 10.0. The maximum Gasteiger partial charge on any atom is 0.342 e. The van der Waals surface area contributed by atoms with Crippen molar-refractivity contribution < 1.29 is 28.5 Å². The van der Waals surface area contributed by atoms with Gasteiger partial charge < -0.3 is 19.3 Å². The number of carboxylic acids is 1. The number of ether oxygens (including phenoxy) is 3. The first-order valence-electron chi connectivity index (χ1n) is 5.21. The lowest BCUT2D eigenvalue weighted by Gasteiger charge is -2.20. The molecule has 0 saturated carbocycles. The van der Waals surface area contributed by atoms with Gasteiger partial charge in [-0.05, 0) is 6.07 Å². The van der Waals surface area contributed by atoms with Gasteiger partial charge in [0.25, 0.3) is 0 Å². The molecule has 0 amide bonds. The predicted molar refractivity (Wildman–Crippen MR) is 60.1 cm³/mol. The summed E-state index contributed by atoms with van der Waals surface area (Å²) in [4.78, 5) is 11.1. The standard InChI is InChI=1S/C11H8BrFO5/c12-5-3-6(13)7(10(14)15)9-8(5)11(4-16-9)17-1-2-18-11/h3H,1-2,4H2,(H,14,15). The van der Waals surface area contributed by atoms with Crippen molar-refractivity contribution in [2.75, 3.05) is 19.8 Å². The molecule has 0 unspecified atom stereocenters. The molecule has 96 valence electrons. The molecular weight excluding hydrogens is 311 g/mol. The van der Waals surface area contributed by atoms with Crippen LogP contribution in [0.5, 0.6) is 5.75 Å². The average Bonchev–Trinajstić information content (AvgIpc) is 2.88. The zero-order valence-corrected chi connectivity index (χ0v) is 10.6. The summed E-state index contributed by atoms with van der Waals surface area (Å²) in [6.45, 7) is 0.786. The summed E-state index contributed by atoms with van der Waals surface area (Å²) in [5, 5.41) is 9.04. The normalized spacial score (nSPS) is 19.9. The van der Waals surface area contributed by atoms with E-state index in [9.17, 15) is 9.18 Å². The number of rotatable bonds is 1. The van der Waals surface area contributed by atoms with Gasteiger partial charge in [0.05, 0.1) is 18.8 Å². The Balaban J connectivity index is 2.25. The van der Waals surface area contributed by atoms with Crippen LogP contribution in [0.1, 0.15) is 15.9 Å². The molecule has 1 aromatic rings. The van der Waals surface area contributed by atoms with Crippen molar-refractivity contribution in [3.63, 3.8) is 0 Å². The van der Waals surface area contributed by atoms with Crippen molar-refractivity contribution in [1.82, 2.24) is 0 Å². The van der Waals surface area contributed by atoms with Crippen LogP contribution in [0.15, 0.2) is 10.5 Å². The molecule has 2 aliphatic heterocycles. The Labute approximate surface area is 110 Å². The second-order valence-corrected chi connectivity index (χ2v) is 4.82. The summed E-state index contributed by atoms with van der Waals surface area (Å²) in [6, 6.07) is 1.09. The fourth-order valence-corrected chi connectivity index (χ4v) is 2.90. The maximum absolute atomic E-state index is 13.7. The summed E-state index contributed by atoms with van der Waals surface area (Å²) in [5.74, 6) is -3.39. The van der Waals surface area contributed by atoms with E-state index in [0.717, 1.165) is 6.07 Å². The number of aromatic carboxylic acids is 1. The molecule has 1 spiro atoms. The third kappa shape index (κ3) is 1.47. The van der Waals surface area contributed by atoms with Gasteiger partial charge in [0.1, 0.15) is 23.7 Å². The van der Waals surface area contributed by atoms with E-state index in [4.69, 9.17) is 19.3 Å². The molecule has 0 aliphatic carbocycles. The Morgan fingerprint density at radius 3 is 2.72 bits per heavy atom. The second kappa shape index (κ2) is 3.91. The lowest BCUT2D eigenvalue weighted by Crippen LogP contribution is -2.29. The molecule has 2 heterocycles. The van der Waals surface area contributed by atoms with Gasteiger partial charge in [-0.15, -0.1) is 0 Å². The van der Waals surface area contributed by atoms with Crippen LogP contribution in [0.4, 0.5) is 4.39 Å². The molecule has 0 radical (unpaired) electrons. The monoisotopic (exact) mass is 318 g/mol.